The van der Waals surface area contributed by atoms with E-state index in [0.717, 1.165) is 67.4 Å². The Hall–Kier alpha value is -3.34. The highest BCUT2D eigenvalue weighted by Crippen LogP contribution is 2.38. The molecule has 2 aliphatic heterocycles. The molecule has 3 aromatic rings. The number of nitrogens with one attached hydrogen (secondary N) is 1. The number of halogens is 1. The lowest BCUT2D eigenvalue weighted by atomic mass is 9.92. The third kappa shape index (κ3) is 5.24. The van der Waals surface area contributed by atoms with Crippen LogP contribution in [-0.4, -0.2) is 41.2 Å². The van der Waals surface area contributed by atoms with Gasteiger partial charge in [-0.1, -0.05) is 17.7 Å². The number of aromatic nitrogens is 2. The van der Waals surface area contributed by atoms with Gasteiger partial charge in [0.05, 0.1) is 30.1 Å². The van der Waals surface area contributed by atoms with Crippen molar-refractivity contribution in [3.05, 3.63) is 70.6 Å². The van der Waals surface area contributed by atoms with Gasteiger partial charge < -0.3 is 14.8 Å². The smallest absolute Gasteiger partial charge is 0.179 e. The van der Waals surface area contributed by atoms with Gasteiger partial charge in [0.1, 0.15) is 17.6 Å². The first-order valence-electron chi connectivity index (χ1n) is 11.6. The van der Waals surface area contributed by atoms with Crippen LogP contribution in [0.5, 0.6) is 11.5 Å². The van der Waals surface area contributed by atoms with Crippen molar-refractivity contribution in [2.24, 2.45) is 0 Å². The number of nitrogens with zero attached hydrogens (tertiary/aromatic N) is 4. The van der Waals surface area contributed by atoms with Crippen LogP contribution in [0.2, 0.25) is 5.02 Å². The topological polar surface area (TPSA) is 83.3 Å². The largest absolute Gasteiger partial charge is 0.489 e. The van der Waals surface area contributed by atoms with Crippen molar-refractivity contribution < 1.29 is 9.47 Å². The maximum Gasteiger partial charge on any atom is 0.179 e. The monoisotopic (exact) mass is 475 g/mol. The fourth-order valence-corrected chi connectivity index (χ4v) is 4.74. The molecule has 1 N–H and O–H groups in total. The Morgan fingerprint density at radius 2 is 1.97 bits per heavy atom. The van der Waals surface area contributed by atoms with Gasteiger partial charge in [0.15, 0.2) is 11.5 Å². The molecule has 1 aromatic carbocycles. The lowest BCUT2D eigenvalue weighted by Gasteiger charge is -2.32. The Labute approximate surface area is 204 Å². The highest BCUT2D eigenvalue weighted by atomic mass is 35.5. The summed E-state index contributed by atoms with van der Waals surface area (Å²) >= 11 is 6.47. The average Bonchev–Trinajstić information content (AvgIpc) is 3.11. The first kappa shape index (κ1) is 22.5. The number of anilines is 2. The maximum atomic E-state index is 8.90. The Balaban J connectivity index is 1.19. The fraction of sp³-hybridized carbons (Fsp3) is 0.346. The van der Waals surface area contributed by atoms with E-state index >= 15 is 0 Å². The van der Waals surface area contributed by atoms with Crippen LogP contribution in [0.15, 0.2) is 48.7 Å². The number of ether oxygens (including phenoxy) is 2. The van der Waals surface area contributed by atoms with Gasteiger partial charge >= 0.3 is 0 Å². The SMILES string of the molecule is N#Cc1ccc(Nc2cccc(C3CCN(Cc4cc(Cl)c5c(c4)OCCCO5)CC3)n2)cn1. The van der Waals surface area contributed by atoms with E-state index in [4.69, 9.17) is 31.3 Å². The molecular formula is C26H26ClN5O2. The molecule has 174 valence electrons. The van der Waals surface area contributed by atoms with E-state index in [1.807, 2.05) is 30.3 Å². The lowest BCUT2D eigenvalue weighted by molar-refractivity contribution is 0.203. The minimum absolute atomic E-state index is 0.396. The van der Waals surface area contributed by atoms with Crippen molar-refractivity contribution in [1.29, 1.82) is 5.26 Å². The van der Waals surface area contributed by atoms with E-state index in [-0.39, 0.29) is 0 Å². The number of hydrogen-bond donors (Lipinski definition) is 1. The summed E-state index contributed by atoms with van der Waals surface area (Å²) in [5.41, 5.74) is 3.46. The second kappa shape index (κ2) is 10.3. The highest BCUT2D eigenvalue weighted by molar-refractivity contribution is 6.32. The van der Waals surface area contributed by atoms with Crippen molar-refractivity contribution in [3.63, 3.8) is 0 Å². The molecule has 8 heteroatoms. The van der Waals surface area contributed by atoms with Crippen LogP contribution < -0.4 is 14.8 Å². The predicted octanol–water partition coefficient (Wildman–Crippen LogP) is 5.29. The number of rotatable bonds is 5. The van der Waals surface area contributed by atoms with E-state index in [1.54, 1.807) is 12.3 Å². The lowest BCUT2D eigenvalue weighted by Crippen LogP contribution is -2.32. The summed E-state index contributed by atoms with van der Waals surface area (Å²) in [6, 6.07) is 15.7. The van der Waals surface area contributed by atoms with Gasteiger partial charge in [0, 0.05) is 24.6 Å². The molecule has 5 rings (SSSR count). The summed E-state index contributed by atoms with van der Waals surface area (Å²) in [6.07, 6.45) is 4.61. The molecule has 2 aromatic heterocycles. The third-order valence-corrected chi connectivity index (χ3v) is 6.48. The van der Waals surface area contributed by atoms with E-state index in [2.05, 4.69) is 27.3 Å². The molecule has 0 aliphatic carbocycles. The molecule has 1 saturated heterocycles. The van der Waals surface area contributed by atoms with Crippen LogP contribution in [0.4, 0.5) is 11.5 Å². The van der Waals surface area contributed by atoms with Crippen LogP contribution in [-0.2, 0) is 6.54 Å². The molecule has 0 bridgehead atoms. The summed E-state index contributed by atoms with van der Waals surface area (Å²) in [7, 11) is 0. The van der Waals surface area contributed by atoms with Crippen molar-refractivity contribution in [2.75, 3.05) is 31.6 Å². The van der Waals surface area contributed by atoms with Gasteiger partial charge in [-0.3, -0.25) is 4.90 Å². The average molecular weight is 476 g/mol. The van der Waals surface area contributed by atoms with E-state index < -0.39 is 0 Å². The number of pyridine rings is 2. The first-order valence-corrected chi connectivity index (χ1v) is 12.0. The van der Waals surface area contributed by atoms with Gasteiger partial charge in [-0.05, 0) is 67.9 Å². The number of nitriles is 1. The standard InChI is InChI=1S/C26H26ClN5O2/c27-22-13-18(14-24-26(22)34-12-2-11-33-24)17-32-9-7-19(8-10-32)23-3-1-4-25(31-23)30-21-6-5-20(15-28)29-16-21/h1,3-6,13-14,16,19H,2,7-12,17H2,(H,30,31). The molecule has 34 heavy (non-hydrogen) atoms. The van der Waals surface area contributed by atoms with E-state index in [0.29, 0.717) is 35.6 Å². The second-order valence-corrected chi connectivity index (χ2v) is 9.03. The minimum atomic E-state index is 0.396. The molecule has 0 spiro atoms. The van der Waals surface area contributed by atoms with Gasteiger partial charge in [0.2, 0.25) is 0 Å². The van der Waals surface area contributed by atoms with Crippen LogP contribution in [0, 0.1) is 11.3 Å². The normalized spacial score (nSPS) is 16.5. The summed E-state index contributed by atoms with van der Waals surface area (Å²) in [6.45, 7) is 4.12. The predicted molar refractivity (Wildman–Crippen MR) is 131 cm³/mol. The van der Waals surface area contributed by atoms with E-state index in [9.17, 15) is 0 Å². The molecule has 0 amide bonds. The van der Waals surface area contributed by atoms with Crippen LogP contribution in [0.1, 0.15) is 42.1 Å². The number of fused-ring (bicyclic) bond motifs is 1. The molecule has 4 heterocycles. The molecule has 2 aliphatic rings. The Morgan fingerprint density at radius 3 is 2.76 bits per heavy atom. The molecular weight excluding hydrogens is 450 g/mol. The molecule has 0 radical (unpaired) electrons. The number of hydrogen-bond acceptors (Lipinski definition) is 7. The Kier molecular flexibility index (Phi) is 6.79. The highest BCUT2D eigenvalue weighted by Gasteiger charge is 2.23. The molecule has 0 unspecified atom stereocenters. The number of piperidine rings is 1. The zero-order valence-electron chi connectivity index (χ0n) is 18.8. The van der Waals surface area contributed by atoms with Gasteiger partial charge in [-0.2, -0.15) is 5.26 Å². The molecule has 0 atom stereocenters. The minimum Gasteiger partial charge on any atom is -0.489 e. The quantitative estimate of drug-likeness (QED) is 0.537. The Morgan fingerprint density at radius 1 is 1.12 bits per heavy atom. The second-order valence-electron chi connectivity index (χ2n) is 8.62. The molecule has 1 fully saturated rings. The number of benzene rings is 1. The number of likely N-dealkylation sites (tertiary alicyclic amines) is 1. The molecule has 7 nitrogen and oxygen atoms in total. The van der Waals surface area contributed by atoms with Gasteiger partial charge in [0.25, 0.3) is 0 Å². The summed E-state index contributed by atoms with van der Waals surface area (Å²) < 4.78 is 11.6. The van der Waals surface area contributed by atoms with Gasteiger partial charge in [-0.15, -0.1) is 0 Å². The van der Waals surface area contributed by atoms with Gasteiger partial charge in [-0.25, -0.2) is 9.97 Å². The van der Waals surface area contributed by atoms with E-state index in [1.165, 1.54) is 0 Å². The van der Waals surface area contributed by atoms with Crippen molar-refractivity contribution >= 4 is 23.1 Å². The first-order chi connectivity index (χ1) is 16.7. The van der Waals surface area contributed by atoms with Crippen LogP contribution >= 0.6 is 11.6 Å². The Bertz CT molecular complexity index is 1190. The zero-order chi connectivity index (χ0) is 23.3. The zero-order valence-corrected chi connectivity index (χ0v) is 19.6. The maximum absolute atomic E-state index is 8.90. The van der Waals surface area contributed by atoms with Crippen molar-refractivity contribution in [2.45, 2.75) is 31.7 Å². The van der Waals surface area contributed by atoms with Crippen molar-refractivity contribution in [3.8, 4) is 17.6 Å². The summed E-state index contributed by atoms with van der Waals surface area (Å²) in [4.78, 5) is 11.4. The molecule has 0 saturated carbocycles. The summed E-state index contributed by atoms with van der Waals surface area (Å²) in [5, 5.41) is 12.8. The van der Waals surface area contributed by atoms with Crippen LogP contribution in [0.3, 0.4) is 0 Å². The fourth-order valence-electron chi connectivity index (χ4n) is 4.45. The third-order valence-electron chi connectivity index (χ3n) is 6.20. The summed E-state index contributed by atoms with van der Waals surface area (Å²) in [5.74, 6) is 2.62. The van der Waals surface area contributed by atoms with Crippen molar-refractivity contribution in [1.82, 2.24) is 14.9 Å². The van der Waals surface area contributed by atoms with Crippen LogP contribution in [0.25, 0.3) is 0 Å².